The zero-order valence-electron chi connectivity index (χ0n) is 11.5. The summed E-state index contributed by atoms with van der Waals surface area (Å²) < 4.78 is 0. The lowest BCUT2D eigenvalue weighted by atomic mass is 9.75. The van der Waals surface area contributed by atoms with Crippen LogP contribution in [0.25, 0.3) is 0 Å². The van der Waals surface area contributed by atoms with E-state index in [0.717, 1.165) is 11.2 Å². The van der Waals surface area contributed by atoms with Crippen LogP contribution in [-0.4, -0.2) is 5.33 Å². The Morgan fingerprint density at radius 3 is 2.39 bits per heavy atom. The van der Waals surface area contributed by atoms with Crippen LogP contribution in [0.2, 0.25) is 0 Å². The van der Waals surface area contributed by atoms with Crippen molar-refractivity contribution in [3.05, 3.63) is 35.9 Å². The summed E-state index contributed by atoms with van der Waals surface area (Å²) in [6, 6.07) is 11.1. The van der Waals surface area contributed by atoms with E-state index in [0.29, 0.717) is 5.41 Å². The molecule has 0 amide bonds. The van der Waals surface area contributed by atoms with Gasteiger partial charge in [-0.1, -0.05) is 78.9 Å². The summed E-state index contributed by atoms with van der Waals surface area (Å²) in [5.74, 6) is 0.999. The molecular weight excluding hydrogens is 284 g/mol. The van der Waals surface area contributed by atoms with Crippen LogP contribution >= 0.6 is 15.9 Å². The monoisotopic (exact) mass is 308 g/mol. The molecule has 0 bridgehead atoms. The Kier molecular flexibility index (Phi) is 5.29. The van der Waals surface area contributed by atoms with E-state index in [1.165, 1.54) is 50.5 Å². The summed E-state index contributed by atoms with van der Waals surface area (Å²) in [6.07, 6.45) is 9.84. The fourth-order valence-electron chi connectivity index (χ4n) is 3.33. The lowest BCUT2D eigenvalue weighted by molar-refractivity contribution is 0.362. The minimum atomic E-state index is 0.351. The lowest BCUT2D eigenvalue weighted by Crippen LogP contribution is -2.28. The molecule has 1 saturated carbocycles. The largest absolute Gasteiger partial charge is 0.0918 e. The first-order valence-electron chi connectivity index (χ1n) is 7.42. The van der Waals surface area contributed by atoms with Crippen molar-refractivity contribution in [2.24, 2.45) is 5.92 Å². The Morgan fingerprint density at radius 2 is 1.83 bits per heavy atom. The Bertz CT molecular complexity index is 334. The smallest absolute Gasteiger partial charge is 0.0128 e. The predicted molar refractivity (Wildman–Crippen MR) is 83.4 cm³/mol. The molecule has 1 fully saturated rings. The van der Waals surface area contributed by atoms with E-state index in [4.69, 9.17) is 0 Å². The van der Waals surface area contributed by atoms with Gasteiger partial charge in [-0.15, -0.1) is 0 Å². The molecule has 1 unspecified atom stereocenters. The summed E-state index contributed by atoms with van der Waals surface area (Å²) in [5.41, 5.74) is 1.87. The van der Waals surface area contributed by atoms with Gasteiger partial charge in [0.1, 0.15) is 0 Å². The molecule has 0 radical (unpaired) electrons. The Labute approximate surface area is 120 Å². The topological polar surface area (TPSA) is 0 Å². The van der Waals surface area contributed by atoms with Gasteiger partial charge in [0.15, 0.2) is 0 Å². The second-order valence-corrected chi connectivity index (χ2v) is 6.38. The fraction of sp³-hybridized carbons (Fsp3) is 0.647. The fourth-order valence-corrected chi connectivity index (χ4v) is 4.34. The SMILES string of the molecule is CCC(CBr)(CCC1CCCC1)c1ccccc1. The summed E-state index contributed by atoms with van der Waals surface area (Å²) in [4.78, 5) is 0. The minimum absolute atomic E-state index is 0.351. The van der Waals surface area contributed by atoms with E-state index in [2.05, 4.69) is 53.2 Å². The lowest BCUT2D eigenvalue weighted by Gasteiger charge is -2.32. The van der Waals surface area contributed by atoms with Crippen LogP contribution in [0.4, 0.5) is 0 Å². The maximum absolute atomic E-state index is 3.78. The van der Waals surface area contributed by atoms with E-state index in [1.807, 2.05) is 0 Å². The van der Waals surface area contributed by atoms with Gasteiger partial charge in [0.2, 0.25) is 0 Å². The number of hydrogen-bond donors (Lipinski definition) is 0. The van der Waals surface area contributed by atoms with Crippen LogP contribution < -0.4 is 0 Å². The molecule has 0 aromatic heterocycles. The molecule has 0 N–H and O–H groups in total. The van der Waals surface area contributed by atoms with Crippen LogP contribution in [0.5, 0.6) is 0 Å². The normalized spacial score (nSPS) is 19.9. The number of hydrogen-bond acceptors (Lipinski definition) is 0. The van der Waals surface area contributed by atoms with Crippen LogP contribution in [0, 0.1) is 5.92 Å². The molecule has 1 aromatic rings. The number of alkyl halides is 1. The van der Waals surface area contributed by atoms with E-state index in [1.54, 1.807) is 0 Å². The molecule has 1 aliphatic carbocycles. The van der Waals surface area contributed by atoms with Crippen molar-refractivity contribution in [3.8, 4) is 0 Å². The van der Waals surface area contributed by atoms with Crippen LogP contribution in [-0.2, 0) is 5.41 Å². The molecule has 1 aromatic carbocycles. The van der Waals surface area contributed by atoms with Gasteiger partial charge in [-0.2, -0.15) is 0 Å². The van der Waals surface area contributed by atoms with Crippen molar-refractivity contribution in [1.82, 2.24) is 0 Å². The number of halogens is 1. The standard InChI is InChI=1S/C17H25Br/c1-2-17(14-18,16-10-4-3-5-11-16)13-12-15-8-6-7-9-15/h3-5,10-11,15H,2,6-9,12-14H2,1H3. The third-order valence-corrected chi connectivity index (χ3v) is 5.90. The summed E-state index contributed by atoms with van der Waals surface area (Å²) in [6.45, 7) is 2.34. The molecule has 1 atom stereocenters. The second kappa shape index (κ2) is 6.75. The van der Waals surface area contributed by atoms with Crippen molar-refractivity contribution in [3.63, 3.8) is 0 Å². The Balaban J connectivity index is 2.06. The molecule has 2 rings (SSSR count). The Morgan fingerprint density at radius 1 is 1.17 bits per heavy atom. The van der Waals surface area contributed by atoms with E-state index in [9.17, 15) is 0 Å². The van der Waals surface area contributed by atoms with Crippen LogP contribution in [0.15, 0.2) is 30.3 Å². The van der Waals surface area contributed by atoms with Gasteiger partial charge < -0.3 is 0 Å². The molecule has 1 aliphatic rings. The van der Waals surface area contributed by atoms with E-state index < -0.39 is 0 Å². The third-order valence-electron chi connectivity index (χ3n) is 4.82. The quantitative estimate of drug-likeness (QED) is 0.591. The summed E-state index contributed by atoms with van der Waals surface area (Å²) in [5, 5.41) is 1.09. The molecule has 100 valence electrons. The van der Waals surface area contributed by atoms with Crippen molar-refractivity contribution in [2.75, 3.05) is 5.33 Å². The molecule has 0 saturated heterocycles. The second-order valence-electron chi connectivity index (χ2n) is 5.82. The molecule has 18 heavy (non-hydrogen) atoms. The molecule has 0 aliphatic heterocycles. The van der Waals surface area contributed by atoms with Gasteiger partial charge in [-0.05, 0) is 30.7 Å². The zero-order valence-corrected chi connectivity index (χ0v) is 13.1. The molecule has 0 nitrogen and oxygen atoms in total. The number of benzene rings is 1. The van der Waals surface area contributed by atoms with Gasteiger partial charge in [0.25, 0.3) is 0 Å². The van der Waals surface area contributed by atoms with Gasteiger partial charge >= 0.3 is 0 Å². The highest BCUT2D eigenvalue weighted by Gasteiger charge is 2.30. The highest BCUT2D eigenvalue weighted by molar-refractivity contribution is 9.09. The third kappa shape index (κ3) is 3.17. The molecule has 0 spiro atoms. The zero-order chi connectivity index (χ0) is 12.8. The minimum Gasteiger partial charge on any atom is -0.0918 e. The number of rotatable bonds is 6. The summed E-state index contributed by atoms with van der Waals surface area (Å²) in [7, 11) is 0. The molecule has 0 heterocycles. The summed E-state index contributed by atoms with van der Waals surface area (Å²) >= 11 is 3.78. The first kappa shape index (κ1) is 14.1. The average molecular weight is 309 g/mol. The Hall–Kier alpha value is -0.300. The van der Waals surface area contributed by atoms with Crippen molar-refractivity contribution in [1.29, 1.82) is 0 Å². The van der Waals surface area contributed by atoms with Crippen molar-refractivity contribution >= 4 is 15.9 Å². The maximum Gasteiger partial charge on any atom is 0.0128 e. The van der Waals surface area contributed by atoms with Crippen molar-refractivity contribution < 1.29 is 0 Å². The highest BCUT2D eigenvalue weighted by atomic mass is 79.9. The van der Waals surface area contributed by atoms with Gasteiger partial charge in [-0.3, -0.25) is 0 Å². The van der Waals surface area contributed by atoms with Gasteiger partial charge in [0.05, 0.1) is 0 Å². The molecule has 1 heteroatoms. The first-order chi connectivity index (χ1) is 8.80. The molecular formula is C17H25Br. The first-order valence-corrected chi connectivity index (χ1v) is 8.54. The predicted octanol–water partition coefficient (Wildman–Crippen LogP) is 5.70. The van der Waals surface area contributed by atoms with Gasteiger partial charge in [0, 0.05) is 10.7 Å². The van der Waals surface area contributed by atoms with Crippen LogP contribution in [0.1, 0.15) is 57.4 Å². The van der Waals surface area contributed by atoms with E-state index in [-0.39, 0.29) is 0 Å². The van der Waals surface area contributed by atoms with E-state index >= 15 is 0 Å². The maximum atomic E-state index is 3.78. The van der Waals surface area contributed by atoms with Crippen LogP contribution in [0.3, 0.4) is 0 Å². The van der Waals surface area contributed by atoms with Crippen molar-refractivity contribution in [2.45, 2.75) is 57.3 Å². The van der Waals surface area contributed by atoms with Gasteiger partial charge in [-0.25, -0.2) is 0 Å². The highest BCUT2D eigenvalue weighted by Crippen LogP contribution is 2.38. The average Bonchev–Trinajstić information content (AvgIpc) is 2.95.